The van der Waals surface area contributed by atoms with Crippen LogP contribution in [0.1, 0.15) is 51.4 Å². The van der Waals surface area contributed by atoms with Crippen molar-refractivity contribution in [1.82, 2.24) is 15.3 Å². The second kappa shape index (κ2) is 11.1. The Hall–Kier alpha value is -2.81. The van der Waals surface area contributed by atoms with Crippen LogP contribution in [0.5, 0.6) is 0 Å². The zero-order chi connectivity index (χ0) is 24.1. The minimum absolute atomic E-state index is 0.0348. The number of piperazine rings is 1. The molecule has 0 radical (unpaired) electrons. The smallest absolute Gasteiger partial charge is 0.407 e. The fourth-order valence-corrected chi connectivity index (χ4v) is 6.10. The predicted octanol–water partition coefficient (Wildman–Crippen LogP) is 2.94. The van der Waals surface area contributed by atoms with E-state index in [4.69, 9.17) is 0 Å². The SMILES string of the molecule is O=C(NO)[C@H]1C[C@H](N(C(=O)O)C2CCCCC2)CC[C@@H]1C(=O)N1CCN(c2ccccc2)CC1. The average molecular weight is 473 g/mol. The van der Waals surface area contributed by atoms with Crippen LogP contribution in [0.15, 0.2) is 30.3 Å². The van der Waals surface area contributed by atoms with E-state index in [1.807, 2.05) is 23.1 Å². The third kappa shape index (κ3) is 5.29. The van der Waals surface area contributed by atoms with Gasteiger partial charge in [0.1, 0.15) is 0 Å². The van der Waals surface area contributed by atoms with Crippen molar-refractivity contribution >= 4 is 23.6 Å². The topological polar surface area (TPSA) is 113 Å². The van der Waals surface area contributed by atoms with E-state index < -0.39 is 23.8 Å². The van der Waals surface area contributed by atoms with E-state index in [0.29, 0.717) is 25.9 Å². The van der Waals surface area contributed by atoms with Crippen LogP contribution in [-0.2, 0) is 9.59 Å². The van der Waals surface area contributed by atoms with Crippen molar-refractivity contribution in [3.05, 3.63) is 30.3 Å². The van der Waals surface area contributed by atoms with Gasteiger partial charge in [0.15, 0.2) is 0 Å². The van der Waals surface area contributed by atoms with Crippen LogP contribution in [-0.4, -0.2) is 76.3 Å². The van der Waals surface area contributed by atoms with Gasteiger partial charge in [-0.05, 0) is 44.2 Å². The molecule has 0 aromatic heterocycles. The van der Waals surface area contributed by atoms with Crippen molar-refractivity contribution < 1.29 is 24.7 Å². The fourth-order valence-electron chi connectivity index (χ4n) is 6.10. The Balaban J connectivity index is 1.42. The van der Waals surface area contributed by atoms with E-state index in [9.17, 15) is 24.7 Å². The van der Waals surface area contributed by atoms with Gasteiger partial charge in [0.2, 0.25) is 11.8 Å². The Labute approximate surface area is 200 Å². The van der Waals surface area contributed by atoms with Gasteiger partial charge in [-0.1, -0.05) is 37.5 Å². The van der Waals surface area contributed by atoms with Crippen LogP contribution in [0.25, 0.3) is 0 Å². The molecule has 0 bridgehead atoms. The highest BCUT2D eigenvalue weighted by Crippen LogP contribution is 2.37. The van der Waals surface area contributed by atoms with Gasteiger partial charge in [-0.2, -0.15) is 0 Å². The summed E-state index contributed by atoms with van der Waals surface area (Å²) in [4.78, 5) is 43.8. The number of rotatable bonds is 5. The van der Waals surface area contributed by atoms with Crippen LogP contribution in [0, 0.1) is 11.8 Å². The first kappa shape index (κ1) is 24.3. The first-order valence-corrected chi connectivity index (χ1v) is 12.5. The van der Waals surface area contributed by atoms with Crippen molar-refractivity contribution in [3.63, 3.8) is 0 Å². The number of hydrogen-bond acceptors (Lipinski definition) is 5. The normalized spacial score (nSPS) is 26.1. The molecule has 2 aliphatic carbocycles. The highest BCUT2D eigenvalue weighted by atomic mass is 16.5. The van der Waals surface area contributed by atoms with E-state index >= 15 is 0 Å². The maximum Gasteiger partial charge on any atom is 0.407 e. The molecule has 9 heteroatoms. The summed E-state index contributed by atoms with van der Waals surface area (Å²) in [5.74, 6) is -1.96. The van der Waals surface area contributed by atoms with E-state index in [-0.39, 0.29) is 24.4 Å². The Morgan fingerprint density at radius 1 is 0.853 bits per heavy atom. The third-order valence-electron chi connectivity index (χ3n) is 7.88. The average Bonchev–Trinajstić information content (AvgIpc) is 2.89. The van der Waals surface area contributed by atoms with Gasteiger partial charge in [0, 0.05) is 49.9 Å². The van der Waals surface area contributed by atoms with Crippen molar-refractivity contribution in [2.24, 2.45) is 11.8 Å². The molecule has 0 unspecified atom stereocenters. The second-order valence-corrected chi connectivity index (χ2v) is 9.79. The molecule has 34 heavy (non-hydrogen) atoms. The summed E-state index contributed by atoms with van der Waals surface area (Å²) in [7, 11) is 0. The zero-order valence-corrected chi connectivity index (χ0v) is 19.6. The van der Waals surface area contributed by atoms with Gasteiger partial charge in [-0.15, -0.1) is 0 Å². The molecule has 9 nitrogen and oxygen atoms in total. The number of nitrogens with one attached hydrogen (secondary N) is 1. The summed E-state index contributed by atoms with van der Waals surface area (Å²) >= 11 is 0. The third-order valence-corrected chi connectivity index (χ3v) is 7.88. The van der Waals surface area contributed by atoms with Crippen molar-refractivity contribution in [1.29, 1.82) is 0 Å². The lowest BCUT2D eigenvalue weighted by Gasteiger charge is -2.44. The molecular weight excluding hydrogens is 436 g/mol. The van der Waals surface area contributed by atoms with Crippen molar-refractivity contribution in [2.45, 2.75) is 63.5 Å². The molecule has 3 N–H and O–H groups in total. The fraction of sp³-hybridized carbons (Fsp3) is 0.640. The first-order valence-electron chi connectivity index (χ1n) is 12.5. The molecule has 3 atom stereocenters. The Bertz CT molecular complexity index is 852. The number of nitrogens with zero attached hydrogens (tertiary/aromatic N) is 3. The lowest BCUT2D eigenvalue weighted by atomic mass is 9.74. The van der Waals surface area contributed by atoms with Crippen molar-refractivity contribution in [2.75, 3.05) is 31.1 Å². The lowest BCUT2D eigenvalue weighted by molar-refractivity contribution is -0.148. The number of anilines is 1. The molecule has 3 aliphatic rings. The number of hydrogen-bond donors (Lipinski definition) is 3. The van der Waals surface area contributed by atoms with Crippen LogP contribution in [0.2, 0.25) is 0 Å². The molecule has 1 heterocycles. The molecule has 4 rings (SSSR count). The van der Waals surface area contributed by atoms with E-state index in [1.165, 1.54) is 4.90 Å². The lowest BCUT2D eigenvalue weighted by Crippen LogP contribution is -2.56. The van der Waals surface area contributed by atoms with Gasteiger partial charge in [0.05, 0.1) is 5.92 Å². The summed E-state index contributed by atoms with van der Waals surface area (Å²) < 4.78 is 0. The molecule has 1 aromatic rings. The van der Waals surface area contributed by atoms with E-state index in [0.717, 1.165) is 50.9 Å². The highest BCUT2D eigenvalue weighted by molar-refractivity contribution is 5.87. The zero-order valence-electron chi connectivity index (χ0n) is 19.6. The summed E-state index contributed by atoms with van der Waals surface area (Å²) in [6.45, 7) is 2.59. The van der Waals surface area contributed by atoms with E-state index in [1.54, 1.807) is 5.48 Å². The quantitative estimate of drug-likeness (QED) is 0.449. The summed E-state index contributed by atoms with van der Waals surface area (Å²) in [5, 5.41) is 19.3. The monoisotopic (exact) mass is 472 g/mol. The number of para-hydroxylation sites is 1. The molecule has 3 amide bonds. The summed E-state index contributed by atoms with van der Waals surface area (Å²) in [5.41, 5.74) is 2.86. The molecule has 1 saturated heterocycles. The summed E-state index contributed by atoms with van der Waals surface area (Å²) in [6.07, 6.45) is 5.13. The number of carbonyl (C=O) groups excluding carboxylic acids is 2. The minimum atomic E-state index is -0.957. The van der Waals surface area contributed by atoms with Gasteiger partial charge in [-0.3, -0.25) is 14.8 Å². The molecule has 1 aliphatic heterocycles. The molecule has 0 spiro atoms. The van der Waals surface area contributed by atoms with Crippen LogP contribution in [0.3, 0.4) is 0 Å². The number of carboxylic acid groups (broad SMARTS) is 1. The standard InChI is InChI=1S/C25H36N4O5/c30-23(26-34)22-17-20(29(25(32)33)19-9-5-2-6-10-19)11-12-21(22)24(31)28-15-13-27(14-16-28)18-7-3-1-4-8-18/h1,3-4,7-8,19-22,34H,2,5-6,9-17H2,(H,26,30)(H,32,33)/t20-,21+,22+/m1/s1. The molecule has 1 aromatic carbocycles. The number of carbonyl (C=O) groups is 3. The largest absolute Gasteiger partial charge is 0.465 e. The van der Waals surface area contributed by atoms with Crippen LogP contribution < -0.4 is 10.4 Å². The maximum absolute atomic E-state index is 13.5. The highest BCUT2D eigenvalue weighted by Gasteiger charge is 2.45. The molecule has 3 fully saturated rings. The van der Waals surface area contributed by atoms with E-state index in [2.05, 4.69) is 17.0 Å². The molecular formula is C25H36N4O5. The second-order valence-electron chi connectivity index (χ2n) is 9.79. The Morgan fingerprint density at radius 2 is 1.53 bits per heavy atom. The first-order chi connectivity index (χ1) is 16.5. The Morgan fingerprint density at radius 3 is 2.15 bits per heavy atom. The predicted molar refractivity (Wildman–Crippen MR) is 127 cm³/mol. The van der Waals surface area contributed by atoms with Crippen LogP contribution >= 0.6 is 0 Å². The molecule has 2 saturated carbocycles. The van der Waals surface area contributed by atoms with Gasteiger partial charge >= 0.3 is 6.09 Å². The molecule has 186 valence electrons. The van der Waals surface area contributed by atoms with Gasteiger partial charge in [0.25, 0.3) is 0 Å². The summed E-state index contributed by atoms with van der Waals surface area (Å²) in [6, 6.07) is 9.73. The number of benzene rings is 1. The maximum atomic E-state index is 13.5. The Kier molecular flexibility index (Phi) is 7.92. The number of hydroxylamine groups is 1. The van der Waals surface area contributed by atoms with Crippen molar-refractivity contribution in [3.8, 4) is 0 Å². The number of amides is 3. The van der Waals surface area contributed by atoms with Crippen LogP contribution in [0.4, 0.5) is 10.5 Å². The van der Waals surface area contributed by atoms with Gasteiger partial charge in [-0.25, -0.2) is 10.3 Å². The minimum Gasteiger partial charge on any atom is -0.465 e. The van der Waals surface area contributed by atoms with Gasteiger partial charge < -0.3 is 19.8 Å².